The van der Waals surface area contributed by atoms with E-state index in [1.165, 1.54) is 5.56 Å². The second-order valence-electron chi connectivity index (χ2n) is 7.77. The van der Waals surface area contributed by atoms with Gasteiger partial charge in [0.1, 0.15) is 0 Å². The lowest BCUT2D eigenvalue weighted by molar-refractivity contribution is -0.116. The summed E-state index contributed by atoms with van der Waals surface area (Å²) in [4.78, 5) is 30.3. The van der Waals surface area contributed by atoms with Crippen LogP contribution in [-0.2, 0) is 11.2 Å². The van der Waals surface area contributed by atoms with Gasteiger partial charge in [0.15, 0.2) is 0 Å². The van der Waals surface area contributed by atoms with E-state index in [2.05, 4.69) is 33.0 Å². The summed E-state index contributed by atoms with van der Waals surface area (Å²) >= 11 is 0. The van der Waals surface area contributed by atoms with E-state index in [0.29, 0.717) is 24.1 Å². The van der Waals surface area contributed by atoms with Crippen molar-refractivity contribution in [1.82, 2.24) is 20.6 Å². The Labute approximate surface area is 177 Å². The summed E-state index contributed by atoms with van der Waals surface area (Å²) in [5.74, 6) is -0.330. The number of carbonyl (C=O) groups excluding carboxylic acids is 2. The molecule has 0 unspecified atom stereocenters. The maximum absolute atomic E-state index is 12.6. The zero-order chi connectivity index (χ0) is 21.7. The van der Waals surface area contributed by atoms with Crippen LogP contribution < -0.4 is 10.7 Å². The van der Waals surface area contributed by atoms with Crippen LogP contribution in [0.25, 0.3) is 6.08 Å². The lowest BCUT2D eigenvalue weighted by atomic mass is 10.0. The molecule has 0 saturated carbocycles. The SMILES string of the molecule is Cc1[nH]c(/C=C2/C(=O)NN=C2CCc2ccccc2)c(C)c1C(=O)NCCN(C)C. The fourth-order valence-electron chi connectivity index (χ4n) is 3.50. The number of nitrogens with one attached hydrogen (secondary N) is 3. The molecule has 7 nitrogen and oxygen atoms in total. The molecule has 2 aromatic rings. The van der Waals surface area contributed by atoms with E-state index >= 15 is 0 Å². The summed E-state index contributed by atoms with van der Waals surface area (Å²) < 4.78 is 0. The Kier molecular flexibility index (Phi) is 6.84. The second-order valence-corrected chi connectivity index (χ2v) is 7.77. The molecule has 158 valence electrons. The zero-order valence-corrected chi connectivity index (χ0v) is 18.0. The van der Waals surface area contributed by atoms with Crippen molar-refractivity contribution in [2.75, 3.05) is 27.2 Å². The van der Waals surface area contributed by atoms with Crippen molar-refractivity contribution in [2.45, 2.75) is 26.7 Å². The van der Waals surface area contributed by atoms with Gasteiger partial charge in [-0.3, -0.25) is 9.59 Å². The van der Waals surface area contributed by atoms with E-state index in [4.69, 9.17) is 0 Å². The third-order valence-electron chi connectivity index (χ3n) is 5.18. The van der Waals surface area contributed by atoms with E-state index in [9.17, 15) is 9.59 Å². The third-order valence-corrected chi connectivity index (χ3v) is 5.18. The van der Waals surface area contributed by atoms with Crippen LogP contribution in [0, 0.1) is 13.8 Å². The van der Waals surface area contributed by atoms with Crippen molar-refractivity contribution >= 4 is 23.6 Å². The van der Waals surface area contributed by atoms with Gasteiger partial charge < -0.3 is 15.2 Å². The first-order valence-corrected chi connectivity index (χ1v) is 10.1. The van der Waals surface area contributed by atoms with Crippen molar-refractivity contribution in [3.63, 3.8) is 0 Å². The Morgan fingerprint density at radius 2 is 1.90 bits per heavy atom. The molecule has 1 aromatic heterocycles. The van der Waals surface area contributed by atoms with E-state index < -0.39 is 0 Å². The molecule has 0 saturated heterocycles. The summed E-state index contributed by atoms with van der Waals surface area (Å²) in [5.41, 5.74) is 8.01. The Balaban J connectivity index is 1.77. The highest BCUT2D eigenvalue weighted by Gasteiger charge is 2.24. The van der Waals surface area contributed by atoms with Gasteiger partial charge in [-0.15, -0.1) is 0 Å². The van der Waals surface area contributed by atoms with Crippen molar-refractivity contribution in [3.8, 4) is 0 Å². The van der Waals surface area contributed by atoms with Crippen molar-refractivity contribution < 1.29 is 9.59 Å². The van der Waals surface area contributed by atoms with Gasteiger partial charge in [0.25, 0.3) is 11.8 Å². The van der Waals surface area contributed by atoms with E-state index in [1.54, 1.807) is 6.08 Å². The number of aryl methyl sites for hydroxylation is 2. The number of carbonyl (C=O) groups is 2. The fourth-order valence-corrected chi connectivity index (χ4v) is 3.50. The summed E-state index contributed by atoms with van der Waals surface area (Å²) in [6.07, 6.45) is 3.25. The first-order chi connectivity index (χ1) is 14.4. The molecule has 2 heterocycles. The number of likely N-dealkylation sites (N-methyl/N-ethyl adjacent to an activating group) is 1. The molecular weight excluding hydrogens is 378 g/mol. The quantitative estimate of drug-likeness (QED) is 0.587. The molecule has 0 fully saturated rings. The molecule has 0 spiro atoms. The van der Waals surface area contributed by atoms with Gasteiger partial charge in [-0.25, -0.2) is 5.43 Å². The zero-order valence-electron chi connectivity index (χ0n) is 18.0. The van der Waals surface area contributed by atoms with Gasteiger partial charge in [-0.1, -0.05) is 30.3 Å². The highest BCUT2D eigenvalue weighted by Crippen LogP contribution is 2.22. The first-order valence-electron chi connectivity index (χ1n) is 10.1. The molecular formula is C23H29N5O2. The highest BCUT2D eigenvalue weighted by atomic mass is 16.2. The van der Waals surface area contributed by atoms with Crippen LogP contribution in [-0.4, -0.2) is 54.6 Å². The average Bonchev–Trinajstić information content (AvgIpc) is 3.20. The van der Waals surface area contributed by atoms with Crippen molar-refractivity contribution in [2.24, 2.45) is 5.10 Å². The van der Waals surface area contributed by atoms with E-state index in [0.717, 1.165) is 35.6 Å². The molecule has 0 bridgehead atoms. The van der Waals surface area contributed by atoms with Gasteiger partial charge in [-0.2, -0.15) is 5.10 Å². The summed E-state index contributed by atoms with van der Waals surface area (Å²) in [7, 11) is 3.93. The minimum atomic E-state index is -0.221. The maximum atomic E-state index is 12.6. The molecule has 0 radical (unpaired) electrons. The number of hydrogen-bond donors (Lipinski definition) is 3. The fraction of sp³-hybridized carbons (Fsp3) is 0.348. The van der Waals surface area contributed by atoms with Gasteiger partial charge in [0.05, 0.1) is 16.8 Å². The van der Waals surface area contributed by atoms with E-state index in [-0.39, 0.29) is 11.8 Å². The lowest BCUT2D eigenvalue weighted by Gasteiger charge is -2.10. The van der Waals surface area contributed by atoms with Crippen LogP contribution in [0.1, 0.15) is 39.3 Å². The predicted octanol–water partition coefficient (Wildman–Crippen LogP) is 2.42. The minimum Gasteiger partial charge on any atom is -0.358 e. The topological polar surface area (TPSA) is 89.6 Å². The molecule has 3 N–H and O–H groups in total. The van der Waals surface area contributed by atoms with Gasteiger partial charge in [0.2, 0.25) is 0 Å². The lowest BCUT2D eigenvalue weighted by Crippen LogP contribution is -2.31. The molecule has 1 aliphatic heterocycles. The molecule has 1 aliphatic rings. The van der Waals surface area contributed by atoms with E-state index in [1.807, 2.05) is 51.0 Å². The Morgan fingerprint density at radius 3 is 2.60 bits per heavy atom. The molecule has 0 aliphatic carbocycles. The highest BCUT2D eigenvalue weighted by molar-refractivity contribution is 6.27. The van der Waals surface area contributed by atoms with Gasteiger partial charge in [-0.05, 0) is 58.0 Å². The number of benzene rings is 1. The van der Waals surface area contributed by atoms with Crippen molar-refractivity contribution in [1.29, 1.82) is 0 Å². The molecule has 3 rings (SSSR count). The molecule has 2 amide bonds. The third kappa shape index (κ3) is 5.04. The second kappa shape index (κ2) is 9.54. The number of H-pyrrole nitrogens is 1. The summed E-state index contributed by atoms with van der Waals surface area (Å²) in [6, 6.07) is 10.1. The largest absolute Gasteiger partial charge is 0.358 e. The minimum absolute atomic E-state index is 0.110. The maximum Gasteiger partial charge on any atom is 0.273 e. The average molecular weight is 408 g/mol. The number of aromatic amines is 1. The molecule has 0 atom stereocenters. The summed E-state index contributed by atoms with van der Waals surface area (Å²) in [6.45, 7) is 5.11. The smallest absolute Gasteiger partial charge is 0.273 e. The molecule has 7 heteroatoms. The first kappa shape index (κ1) is 21.5. The van der Waals surface area contributed by atoms with Crippen molar-refractivity contribution in [3.05, 3.63) is 64.0 Å². The Hall–Kier alpha value is -3.19. The van der Waals surface area contributed by atoms with Crippen LogP contribution in [0.15, 0.2) is 41.0 Å². The monoisotopic (exact) mass is 407 g/mol. The van der Waals surface area contributed by atoms with Crippen LogP contribution in [0.4, 0.5) is 0 Å². The number of amides is 2. The standard InChI is InChI=1S/C23H29N5O2/c1-15-20(25-16(2)21(15)23(30)24-12-13-28(3)4)14-18-19(26-27-22(18)29)11-10-17-8-6-5-7-9-17/h5-9,14,25H,10-13H2,1-4H3,(H,24,30)(H,27,29)/b18-14+. The van der Waals surface area contributed by atoms with Crippen LogP contribution in [0.3, 0.4) is 0 Å². The predicted molar refractivity (Wildman–Crippen MR) is 119 cm³/mol. The molecule has 30 heavy (non-hydrogen) atoms. The Bertz CT molecular complexity index is 987. The number of hydrogen-bond acceptors (Lipinski definition) is 4. The number of nitrogens with zero attached hydrogens (tertiary/aromatic N) is 2. The normalized spacial score (nSPS) is 14.9. The van der Waals surface area contributed by atoms with Crippen LogP contribution in [0.2, 0.25) is 0 Å². The Morgan fingerprint density at radius 1 is 1.17 bits per heavy atom. The van der Waals surface area contributed by atoms with Gasteiger partial charge >= 0.3 is 0 Å². The van der Waals surface area contributed by atoms with Crippen LogP contribution in [0.5, 0.6) is 0 Å². The van der Waals surface area contributed by atoms with Gasteiger partial charge in [0, 0.05) is 24.5 Å². The summed E-state index contributed by atoms with van der Waals surface area (Å²) in [5, 5.41) is 7.16. The number of rotatable bonds is 8. The number of aromatic nitrogens is 1. The number of hydrazone groups is 1. The molecule has 1 aromatic carbocycles. The van der Waals surface area contributed by atoms with Crippen LogP contribution >= 0.6 is 0 Å².